The molecule has 57 heavy (non-hydrogen) atoms. The molecule has 0 saturated heterocycles. The van der Waals surface area contributed by atoms with E-state index in [4.69, 9.17) is 19.4 Å². The summed E-state index contributed by atoms with van der Waals surface area (Å²) in [6, 6.07) is 65.6. The number of nitrogens with zero attached hydrogens (tertiary/aromatic N) is 5. The number of hydrogen-bond acceptors (Lipinski definition) is 4. The Kier molecular flexibility index (Phi) is 6.83. The van der Waals surface area contributed by atoms with Gasteiger partial charge in [0.05, 0.1) is 22.1 Å². The average Bonchev–Trinajstić information content (AvgIpc) is 3.93. The van der Waals surface area contributed by atoms with Crippen molar-refractivity contribution in [3.8, 4) is 45.5 Å². The Morgan fingerprint density at radius 2 is 0.807 bits per heavy atom. The zero-order chi connectivity index (χ0) is 37.5. The summed E-state index contributed by atoms with van der Waals surface area (Å²) in [6.45, 7) is 0. The highest BCUT2D eigenvalue weighted by atomic mass is 16.3. The number of aromatic nitrogens is 5. The monoisotopic (exact) mass is 729 g/mol. The van der Waals surface area contributed by atoms with Gasteiger partial charge in [-0.3, -0.25) is 0 Å². The fourth-order valence-corrected chi connectivity index (χ4v) is 8.58. The van der Waals surface area contributed by atoms with Crippen molar-refractivity contribution in [1.29, 1.82) is 0 Å². The molecule has 0 aliphatic carbocycles. The Hall–Kier alpha value is -7.83. The lowest BCUT2D eigenvalue weighted by Gasteiger charge is -2.13. The number of rotatable bonds is 5. The highest BCUT2D eigenvalue weighted by molar-refractivity contribution is 6.25. The maximum absolute atomic E-state index is 6.47. The quantitative estimate of drug-likeness (QED) is 0.177. The zero-order valence-electron chi connectivity index (χ0n) is 30.5. The molecule has 0 saturated carbocycles. The topological polar surface area (TPSA) is 61.7 Å². The lowest BCUT2D eigenvalue weighted by atomic mass is 10.1. The van der Waals surface area contributed by atoms with Crippen LogP contribution in [-0.2, 0) is 0 Å². The van der Waals surface area contributed by atoms with Gasteiger partial charge in [0.15, 0.2) is 17.5 Å². The average molecular weight is 730 g/mol. The van der Waals surface area contributed by atoms with Gasteiger partial charge in [0.25, 0.3) is 0 Å². The first-order valence-electron chi connectivity index (χ1n) is 19.1. The van der Waals surface area contributed by atoms with E-state index >= 15 is 0 Å². The van der Waals surface area contributed by atoms with E-state index < -0.39 is 0 Å². The zero-order valence-corrected chi connectivity index (χ0v) is 30.5. The van der Waals surface area contributed by atoms with Crippen LogP contribution in [0.1, 0.15) is 0 Å². The van der Waals surface area contributed by atoms with Crippen LogP contribution in [0.4, 0.5) is 0 Å². The number of hydrogen-bond donors (Lipinski definition) is 0. The second-order valence-electron chi connectivity index (χ2n) is 14.4. The minimum Gasteiger partial charge on any atom is -0.456 e. The molecule has 0 fully saturated rings. The van der Waals surface area contributed by atoms with Gasteiger partial charge >= 0.3 is 0 Å². The molecule has 0 amide bonds. The van der Waals surface area contributed by atoms with Crippen molar-refractivity contribution >= 4 is 65.6 Å². The van der Waals surface area contributed by atoms with Crippen LogP contribution in [0.2, 0.25) is 0 Å². The molecular formula is C51H31N5O. The molecule has 4 heterocycles. The van der Waals surface area contributed by atoms with Crippen LogP contribution in [0, 0.1) is 0 Å². The molecule has 0 atom stereocenters. The van der Waals surface area contributed by atoms with E-state index in [9.17, 15) is 0 Å². The van der Waals surface area contributed by atoms with Crippen LogP contribution in [0.3, 0.4) is 0 Å². The molecule has 4 aromatic heterocycles. The molecule has 0 aliphatic heterocycles. The highest BCUT2D eigenvalue weighted by Crippen LogP contribution is 2.44. The smallest absolute Gasteiger partial charge is 0.164 e. The van der Waals surface area contributed by atoms with E-state index in [1.165, 1.54) is 10.8 Å². The molecule has 12 rings (SSSR count). The van der Waals surface area contributed by atoms with E-state index in [-0.39, 0.29) is 0 Å². The number of para-hydroxylation sites is 3. The van der Waals surface area contributed by atoms with Crippen LogP contribution >= 0.6 is 0 Å². The largest absolute Gasteiger partial charge is 0.456 e. The number of furan rings is 1. The summed E-state index contributed by atoms with van der Waals surface area (Å²) in [4.78, 5) is 14.9. The highest BCUT2D eigenvalue weighted by Gasteiger charge is 2.23. The first-order chi connectivity index (χ1) is 28.3. The van der Waals surface area contributed by atoms with Gasteiger partial charge in [-0.1, -0.05) is 127 Å². The van der Waals surface area contributed by atoms with Gasteiger partial charge in [-0.2, -0.15) is 0 Å². The van der Waals surface area contributed by atoms with Gasteiger partial charge in [-0.25, -0.2) is 15.0 Å². The van der Waals surface area contributed by atoms with E-state index in [0.29, 0.717) is 17.5 Å². The van der Waals surface area contributed by atoms with Gasteiger partial charge in [-0.05, 0) is 60.7 Å². The van der Waals surface area contributed by atoms with E-state index in [0.717, 1.165) is 82.8 Å². The second kappa shape index (κ2) is 12.3. The normalized spacial score (nSPS) is 11.9. The Morgan fingerprint density at radius 1 is 0.316 bits per heavy atom. The van der Waals surface area contributed by atoms with Crippen molar-refractivity contribution in [2.45, 2.75) is 0 Å². The fourth-order valence-electron chi connectivity index (χ4n) is 8.58. The van der Waals surface area contributed by atoms with Gasteiger partial charge in [-0.15, -0.1) is 0 Å². The predicted octanol–water partition coefficient (Wildman–Crippen LogP) is 13.0. The van der Waals surface area contributed by atoms with Gasteiger partial charge in [0.1, 0.15) is 11.2 Å². The second-order valence-corrected chi connectivity index (χ2v) is 14.4. The summed E-state index contributed by atoms with van der Waals surface area (Å²) < 4.78 is 11.3. The van der Waals surface area contributed by atoms with Crippen LogP contribution < -0.4 is 0 Å². The minimum atomic E-state index is 0.620. The van der Waals surface area contributed by atoms with E-state index in [1.807, 2.05) is 72.8 Å². The first kappa shape index (κ1) is 31.5. The van der Waals surface area contributed by atoms with Crippen molar-refractivity contribution in [3.05, 3.63) is 188 Å². The summed E-state index contributed by atoms with van der Waals surface area (Å²) >= 11 is 0. The third-order valence-corrected chi connectivity index (χ3v) is 11.2. The van der Waals surface area contributed by atoms with Gasteiger partial charge in [0, 0.05) is 60.4 Å². The molecule has 6 nitrogen and oxygen atoms in total. The molecular weight excluding hydrogens is 699 g/mol. The molecule has 8 aromatic carbocycles. The van der Waals surface area contributed by atoms with Crippen LogP contribution in [-0.4, -0.2) is 24.1 Å². The number of fused-ring (bicyclic) bond motifs is 10. The molecule has 266 valence electrons. The Morgan fingerprint density at radius 3 is 1.46 bits per heavy atom. The van der Waals surface area contributed by atoms with Crippen molar-refractivity contribution in [2.75, 3.05) is 0 Å². The lowest BCUT2D eigenvalue weighted by Crippen LogP contribution is -2.01. The summed E-state index contributed by atoms with van der Waals surface area (Å²) in [5.41, 5.74) is 11.2. The summed E-state index contributed by atoms with van der Waals surface area (Å²) in [7, 11) is 0. The fraction of sp³-hybridized carbons (Fsp3) is 0. The Labute approximate surface area is 326 Å². The molecule has 0 aliphatic rings. The molecule has 0 N–H and O–H groups in total. The minimum absolute atomic E-state index is 0.620. The molecule has 0 radical (unpaired) electrons. The molecule has 0 unspecified atom stereocenters. The first-order valence-corrected chi connectivity index (χ1v) is 19.1. The standard InChI is InChI=1S/C51H31N5O/c1-4-14-32(15-5-1)49-52-50(33-16-6-2-7-17-33)54-51(53-49)34-24-26-36(27-25-34)56-44-30-42-38-21-11-13-23-45(38)57-46(42)31-41(44)40-29-28-39-37-20-10-12-22-43(37)55(47(39)48(40)56)35-18-8-3-9-19-35/h1-31H. The van der Waals surface area contributed by atoms with Crippen LogP contribution in [0.15, 0.2) is 192 Å². The molecule has 0 spiro atoms. The summed E-state index contributed by atoms with van der Waals surface area (Å²) in [5, 5.41) is 6.88. The SMILES string of the molecule is c1ccc(-c2nc(-c3ccccc3)nc(-c3ccc(-n4c5cc6c(cc5c5ccc7c8ccccc8n(-c8ccccc8)c7c54)oc4ccccc46)cc3)n2)cc1. The van der Waals surface area contributed by atoms with Gasteiger partial charge < -0.3 is 13.6 Å². The Bertz CT molecular complexity index is 3430. The third kappa shape index (κ3) is 4.87. The van der Waals surface area contributed by atoms with Crippen molar-refractivity contribution in [3.63, 3.8) is 0 Å². The lowest BCUT2D eigenvalue weighted by molar-refractivity contribution is 0.669. The summed E-state index contributed by atoms with van der Waals surface area (Å²) in [6.07, 6.45) is 0. The maximum atomic E-state index is 6.47. The van der Waals surface area contributed by atoms with E-state index in [2.05, 4.69) is 124 Å². The maximum Gasteiger partial charge on any atom is 0.164 e. The van der Waals surface area contributed by atoms with Crippen molar-refractivity contribution in [2.24, 2.45) is 0 Å². The van der Waals surface area contributed by atoms with Crippen LogP contribution in [0.25, 0.3) is 111 Å². The number of benzene rings is 8. The molecule has 12 aromatic rings. The van der Waals surface area contributed by atoms with Crippen molar-refractivity contribution in [1.82, 2.24) is 24.1 Å². The summed E-state index contributed by atoms with van der Waals surface area (Å²) in [5.74, 6) is 1.89. The van der Waals surface area contributed by atoms with Gasteiger partial charge in [0.2, 0.25) is 0 Å². The van der Waals surface area contributed by atoms with Crippen molar-refractivity contribution < 1.29 is 4.42 Å². The molecule has 0 bridgehead atoms. The third-order valence-electron chi connectivity index (χ3n) is 11.2. The Balaban J connectivity index is 1.14. The van der Waals surface area contributed by atoms with Crippen LogP contribution in [0.5, 0.6) is 0 Å². The van der Waals surface area contributed by atoms with E-state index in [1.54, 1.807) is 0 Å². The predicted molar refractivity (Wildman–Crippen MR) is 232 cm³/mol. The molecule has 6 heteroatoms.